The highest BCUT2D eigenvalue weighted by Gasteiger charge is 2.16. The topological polar surface area (TPSA) is 56.9 Å². The second-order valence-corrected chi connectivity index (χ2v) is 6.32. The lowest BCUT2D eigenvalue weighted by molar-refractivity contribution is 0.776. The molecule has 2 aromatic carbocycles. The Hall–Kier alpha value is -2.92. The largest absolute Gasteiger partial charge is 0.352 e. The van der Waals surface area contributed by atoms with Gasteiger partial charge in [0.2, 0.25) is 0 Å². The molecule has 0 aliphatic carbocycles. The molecule has 0 spiro atoms. The molecule has 6 heteroatoms. The molecule has 0 N–H and O–H groups in total. The summed E-state index contributed by atoms with van der Waals surface area (Å²) in [4.78, 5) is 28.9. The fraction of sp³-hybridized carbons (Fsp3) is 0.105. The summed E-state index contributed by atoms with van der Waals surface area (Å²) in [5.41, 5.74) is 1.38. The summed E-state index contributed by atoms with van der Waals surface area (Å²) < 4.78 is 2.94. The lowest BCUT2D eigenvalue weighted by Gasteiger charge is -2.07. The van der Waals surface area contributed by atoms with Crippen LogP contribution >= 0.6 is 11.6 Å². The average Bonchev–Trinajstić information content (AvgIpc) is 2.76. The molecule has 0 aliphatic heterocycles. The fourth-order valence-corrected chi connectivity index (χ4v) is 3.16. The van der Waals surface area contributed by atoms with Gasteiger partial charge in [0, 0.05) is 24.0 Å². The highest BCUT2D eigenvalue weighted by molar-refractivity contribution is 6.30. The van der Waals surface area contributed by atoms with Gasteiger partial charge < -0.3 is 4.57 Å². The molecular weight excluding hydrogens is 338 g/mol. The predicted molar refractivity (Wildman–Crippen MR) is 99.3 cm³/mol. The number of hydrogen-bond acceptors (Lipinski definition) is 3. The molecule has 25 heavy (non-hydrogen) atoms. The van der Waals surface area contributed by atoms with Crippen molar-refractivity contribution in [2.45, 2.75) is 6.54 Å². The fourth-order valence-electron chi connectivity index (χ4n) is 3.03. The van der Waals surface area contributed by atoms with Crippen LogP contribution in [0.15, 0.2) is 64.2 Å². The minimum absolute atomic E-state index is 0.332. The van der Waals surface area contributed by atoms with E-state index in [0.717, 1.165) is 21.0 Å². The molecule has 124 valence electrons. The Morgan fingerprint density at radius 3 is 2.48 bits per heavy atom. The Morgan fingerprint density at radius 1 is 1.00 bits per heavy atom. The molecule has 0 amide bonds. The van der Waals surface area contributed by atoms with Gasteiger partial charge in [0.25, 0.3) is 5.56 Å². The SMILES string of the molecule is Cn1c(=O)nc2c(c1=O)c1cccccc1n2Cc1ccc(Cl)cc1. The summed E-state index contributed by atoms with van der Waals surface area (Å²) in [6, 6.07) is 17.0. The van der Waals surface area contributed by atoms with E-state index in [1.807, 2.05) is 59.2 Å². The summed E-state index contributed by atoms with van der Waals surface area (Å²) in [5.74, 6) is 0. The van der Waals surface area contributed by atoms with Gasteiger partial charge in [0.05, 0.1) is 10.9 Å². The molecule has 5 nitrogen and oxygen atoms in total. The molecule has 4 rings (SSSR count). The molecule has 0 bridgehead atoms. The van der Waals surface area contributed by atoms with Gasteiger partial charge in [0.15, 0.2) is 5.65 Å². The van der Waals surface area contributed by atoms with Gasteiger partial charge in [-0.15, -0.1) is 0 Å². The Kier molecular flexibility index (Phi) is 3.66. The van der Waals surface area contributed by atoms with E-state index in [-0.39, 0.29) is 5.56 Å². The van der Waals surface area contributed by atoms with Crippen molar-refractivity contribution < 1.29 is 0 Å². The first-order valence-corrected chi connectivity index (χ1v) is 8.17. The predicted octanol–water partition coefficient (Wildman–Crippen LogP) is 2.95. The molecule has 4 aromatic rings. The van der Waals surface area contributed by atoms with Crippen molar-refractivity contribution in [1.29, 1.82) is 0 Å². The lowest BCUT2D eigenvalue weighted by Crippen LogP contribution is -2.32. The molecule has 0 aliphatic rings. The number of hydrogen-bond donors (Lipinski definition) is 0. The van der Waals surface area contributed by atoms with Crippen molar-refractivity contribution >= 4 is 33.5 Å². The first-order chi connectivity index (χ1) is 12.1. The van der Waals surface area contributed by atoms with Gasteiger partial charge in [-0.1, -0.05) is 48.0 Å². The van der Waals surface area contributed by atoms with E-state index in [2.05, 4.69) is 4.98 Å². The maximum absolute atomic E-state index is 12.7. The second kappa shape index (κ2) is 5.86. The zero-order chi connectivity index (χ0) is 17.6. The Morgan fingerprint density at radius 2 is 1.72 bits per heavy atom. The van der Waals surface area contributed by atoms with Gasteiger partial charge >= 0.3 is 5.69 Å². The number of halogens is 1. The van der Waals surface area contributed by atoms with Crippen LogP contribution in [0.5, 0.6) is 0 Å². The van der Waals surface area contributed by atoms with Crippen molar-refractivity contribution in [2.75, 3.05) is 0 Å². The van der Waals surface area contributed by atoms with Crippen LogP contribution in [0, 0.1) is 0 Å². The van der Waals surface area contributed by atoms with Crippen molar-refractivity contribution in [3.05, 3.63) is 86.0 Å². The second-order valence-electron chi connectivity index (χ2n) is 5.88. The Balaban J connectivity index is 2.11. The molecule has 2 aromatic heterocycles. The molecule has 2 heterocycles. The summed E-state index contributed by atoms with van der Waals surface area (Å²) in [6.07, 6.45) is 0. The first kappa shape index (κ1) is 15.6. The highest BCUT2D eigenvalue weighted by atomic mass is 35.5. The number of fused-ring (bicyclic) bond motifs is 3. The van der Waals surface area contributed by atoms with Crippen LogP contribution in [-0.2, 0) is 13.6 Å². The quantitative estimate of drug-likeness (QED) is 0.558. The minimum atomic E-state index is -0.554. The summed E-state index contributed by atoms with van der Waals surface area (Å²) in [6.45, 7) is 0.487. The van der Waals surface area contributed by atoms with Gasteiger partial charge in [-0.2, -0.15) is 4.98 Å². The maximum atomic E-state index is 12.7. The number of nitrogens with zero attached hydrogens (tertiary/aromatic N) is 3. The van der Waals surface area contributed by atoms with Crippen LogP contribution in [-0.4, -0.2) is 14.1 Å². The van der Waals surface area contributed by atoms with Crippen LogP contribution < -0.4 is 11.2 Å². The van der Waals surface area contributed by atoms with Crippen molar-refractivity contribution in [3.63, 3.8) is 0 Å². The minimum Gasteiger partial charge on any atom is -0.320 e. The van der Waals surface area contributed by atoms with E-state index >= 15 is 0 Å². The van der Waals surface area contributed by atoms with Crippen LogP contribution in [0.3, 0.4) is 0 Å². The smallest absolute Gasteiger partial charge is 0.320 e. The van der Waals surface area contributed by atoms with Gasteiger partial charge in [-0.25, -0.2) is 4.79 Å². The van der Waals surface area contributed by atoms with Crippen molar-refractivity contribution in [2.24, 2.45) is 7.05 Å². The van der Waals surface area contributed by atoms with Gasteiger partial charge in [-0.05, 0) is 23.8 Å². The van der Waals surface area contributed by atoms with Crippen LogP contribution in [0.25, 0.3) is 21.9 Å². The summed E-state index contributed by atoms with van der Waals surface area (Å²) >= 11 is 5.96. The molecule has 0 saturated carbocycles. The first-order valence-electron chi connectivity index (χ1n) is 7.79. The van der Waals surface area contributed by atoms with Crippen molar-refractivity contribution in [3.8, 4) is 0 Å². The van der Waals surface area contributed by atoms with E-state index in [9.17, 15) is 9.59 Å². The molecule has 0 radical (unpaired) electrons. The van der Waals surface area contributed by atoms with Gasteiger partial charge in [-0.3, -0.25) is 9.36 Å². The van der Waals surface area contributed by atoms with Crippen molar-refractivity contribution in [1.82, 2.24) is 14.1 Å². The third-order valence-corrected chi connectivity index (χ3v) is 4.57. The van der Waals surface area contributed by atoms with E-state index in [0.29, 0.717) is 22.6 Å². The van der Waals surface area contributed by atoms with E-state index < -0.39 is 5.69 Å². The normalized spacial score (nSPS) is 11.3. The van der Waals surface area contributed by atoms with Crippen LogP contribution in [0.2, 0.25) is 5.02 Å². The Labute approximate surface area is 147 Å². The average molecular weight is 352 g/mol. The Bertz CT molecular complexity index is 1220. The van der Waals surface area contributed by atoms with Crippen LogP contribution in [0.1, 0.15) is 5.56 Å². The van der Waals surface area contributed by atoms with E-state index in [1.165, 1.54) is 7.05 Å². The highest BCUT2D eigenvalue weighted by Crippen LogP contribution is 2.25. The zero-order valence-electron chi connectivity index (χ0n) is 13.4. The zero-order valence-corrected chi connectivity index (χ0v) is 14.2. The third-order valence-electron chi connectivity index (χ3n) is 4.32. The van der Waals surface area contributed by atoms with Crippen LogP contribution in [0.4, 0.5) is 0 Å². The monoisotopic (exact) mass is 351 g/mol. The number of benzene rings is 1. The third kappa shape index (κ3) is 2.53. The molecular formula is C19H14ClN3O2. The standard InChI is InChI=1S/C19H14ClN3O2/c1-22-18(24)16-14-5-3-2-4-6-15(14)23(17(16)21-19(22)25)11-12-7-9-13(20)10-8-12/h2-10H,11H2,1H3. The maximum Gasteiger partial charge on any atom is 0.352 e. The van der Waals surface area contributed by atoms with Gasteiger partial charge in [0.1, 0.15) is 0 Å². The number of rotatable bonds is 2. The molecule has 0 fully saturated rings. The lowest BCUT2D eigenvalue weighted by atomic mass is 10.2. The summed E-state index contributed by atoms with van der Waals surface area (Å²) in [5, 5.41) is 1.90. The molecule has 0 atom stereocenters. The van der Waals surface area contributed by atoms with E-state index in [4.69, 9.17) is 11.6 Å². The van der Waals surface area contributed by atoms with E-state index in [1.54, 1.807) is 0 Å². The summed E-state index contributed by atoms with van der Waals surface area (Å²) in [7, 11) is 1.45. The molecule has 0 saturated heterocycles. The number of aromatic nitrogens is 3. The molecule has 0 unspecified atom stereocenters.